The van der Waals surface area contributed by atoms with Gasteiger partial charge in [0.1, 0.15) is 18.1 Å². The van der Waals surface area contributed by atoms with E-state index in [0.717, 1.165) is 26.9 Å². The standard InChI is InChI=1S/C17H13BrO3/c1-11(19)21-16-7-4-13-8-14(10-20-17(13)9-16)12-2-5-15(18)6-3-12/h2-9H,10H2,1H3. The monoisotopic (exact) mass is 344 g/mol. The third-order valence-corrected chi connectivity index (χ3v) is 3.70. The van der Waals surface area contributed by atoms with Gasteiger partial charge in [0.25, 0.3) is 0 Å². The second-order valence-electron chi connectivity index (χ2n) is 4.76. The molecule has 3 nitrogen and oxygen atoms in total. The molecule has 2 aromatic carbocycles. The predicted molar refractivity (Wildman–Crippen MR) is 85.3 cm³/mol. The summed E-state index contributed by atoms with van der Waals surface area (Å²) >= 11 is 3.43. The number of fused-ring (bicyclic) bond motifs is 1. The lowest BCUT2D eigenvalue weighted by molar-refractivity contribution is -0.131. The van der Waals surface area contributed by atoms with Crippen LogP contribution in [0.1, 0.15) is 18.1 Å². The molecule has 1 aliphatic heterocycles. The largest absolute Gasteiger partial charge is 0.488 e. The van der Waals surface area contributed by atoms with Crippen LogP contribution in [-0.4, -0.2) is 12.6 Å². The summed E-state index contributed by atoms with van der Waals surface area (Å²) < 4.78 is 11.9. The summed E-state index contributed by atoms with van der Waals surface area (Å²) in [6, 6.07) is 13.5. The van der Waals surface area contributed by atoms with Crippen molar-refractivity contribution < 1.29 is 14.3 Å². The Hall–Kier alpha value is -2.07. The highest BCUT2D eigenvalue weighted by molar-refractivity contribution is 9.10. The molecule has 0 unspecified atom stereocenters. The van der Waals surface area contributed by atoms with Crippen LogP contribution in [0, 0.1) is 0 Å². The van der Waals surface area contributed by atoms with E-state index in [-0.39, 0.29) is 5.97 Å². The van der Waals surface area contributed by atoms with Gasteiger partial charge in [0.2, 0.25) is 0 Å². The fourth-order valence-electron chi connectivity index (χ4n) is 2.20. The van der Waals surface area contributed by atoms with Gasteiger partial charge in [-0.25, -0.2) is 0 Å². The number of carbonyl (C=O) groups excluding carboxylic acids is 1. The highest BCUT2D eigenvalue weighted by Gasteiger charge is 2.14. The summed E-state index contributed by atoms with van der Waals surface area (Å²) in [5.74, 6) is 0.896. The highest BCUT2D eigenvalue weighted by Crippen LogP contribution is 2.33. The lowest BCUT2D eigenvalue weighted by atomic mass is 10.0. The number of halogens is 1. The van der Waals surface area contributed by atoms with Crippen LogP contribution in [0.15, 0.2) is 46.9 Å². The first-order valence-corrected chi connectivity index (χ1v) is 7.33. The molecule has 1 aliphatic rings. The number of benzene rings is 2. The minimum absolute atomic E-state index is 0.336. The van der Waals surface area contributed by atoms with Crippen molar-refractivity contribution in [2.24, 2.45) is 0 Å². The summed E-state index contributed by atoms with van der Waals surface area (Å²) in [6.45, 7) is 1.88. The molecule has 0 aliphatic carbocycles. The molecular weight excluding hydrogens is 332 g/mol. The molecule has 0 bridgehead atoms. The van der Waals surface area contributed by atoms with Crippen molar-refractivity contribution >= 4 is 33.5 Å². The molecule has 0 saturated carbocycles. The smallest absolute Gasteiger partial charge is 0.308 e. The van der Waals surface area contributed by atoms with Crippen molar-refractivity contribution in [2.75, 3.05) is 6.61 Å². The van der Waals surface area contributed by atoms with Crippen LogP contribution in [0.3, 0.4) is 0 Å². The maximum atomic E-state index is 11.0. The Morgan fingerprint density at radius 1 is 1.19 bits per heavy atom. The molecule has 0 N–H and O–H groups in total. The van der Waals surface area contributed by atoms with Crippen LogP contribution in [-0.2, 0) is 4.79 Å². The summed E-state index contributed by atoms with van der Waals surface area (Å²) in [6.07, 6.45) is 2.10. The molecule has 0 fully saturated rings. The lowest BCUT2D eigenvalue weighted by Gasteiger charge is -2.19. The summed E-state index contributed by atoms with van der Waals surface area (Å²) in [5, 5.41) is 0. The average molecular weight is 345 g/mol. The first-order chi connectivity index (χ1) is 10.1. The first kappa shape index (κ1) is 13.9. The van der Waals surface area contributed by atoms with E-state index in [4.69, 9.17) is 9.47 Å². The zero-order valence-corrected chi connectivity index (χ0v) is 13.0. The van der Waals surface area contributed by atoms with Gasteiger partial charge in [0, 0.05) is 23.0 Å². The minimum Gasteiger partial charge on any atom is -0.488 e. The Kier molecular flexibility index (Phi) is 3.80. The quantitative estimate of drug-likeness (QED) is 0.601. The van der Waals surface area contributed by atoms with Crippen LogP contribution in [0.4, 0.5) is 0 Å². The Morgan fingerprint density at radius 2 is 1.95 bits per heavy atom. The van der Waals surface area contributed by atoms with E-state index in [9.17, 15) is 4.79 Å². The van der Waals surface area contributed by atoms with E-state index in [1.807, 2.05) is 18.2 Å². The summed E-state index contributed by atoms with van der Waals surface area (Å²) in [7, 11) is 0. The van der Waals surface area contributed by atoms with E-state index >= 15 is 0 Å². The highest BCUT2D eigenvalue weighted by atomic mass is 79.9. The Labute approximate surface area is 131 Å². The van der Waals surface area contributed by atoms with Crippen LogP contribution in [0.5, 0.6) is 11.5 Å². The third-order valence-electron chi connectivity index (χ3n) is 3.17. The topological polar surface area (TPSA) is 35.5 Å². The van der Waals surface area contributed by atoms with Crippen molar-refractivity contribution in [3.63, 3.8) is 0 Å². The number of rotatable bonds is 2. The van der Waals surface area contributed by atoms with Crippen LogP contribution in [0.25, 0.3) is 11.6 Å². The maximum absolute atomic E-state index is 11.0. The van der Waals surface area contributed by atoms with Crippen LogP contribution in [0.2, 0.25) is 0 Å². The lowest BCUT2D eigenvalue weighted by Crippen LogP contribution is -2.07. The molecule has 21 heavy (non-hydrogen) atoms. The molecule has 0 aromatic heterocycles. The van der Waals surface area contributed by atoms with Crippen molar-refractivity contribution in [1.29, 1.82) is 0 Å². The molecular formula is C17H13BrO3. The SMILES string of the molecule is CC(=O)Oc1ccc2c(c1)OCC(c1ccc(Br)cc1)=C2. The molecule has 0 spiro atoms. The van der Waals surface area contributed by atoms with Gasteiger partial charge in [-0.1, -0.05) is 28.1 Å². The molecule has 2 aromatic rings. The molecule has 0 radical (unpaired) electrons. The van der Waals surface area contributed by atoms with Gasteiger partial charge in [-0.05, 0) is 41.5 Å². The number of hydrogen-bond acceptors (Lipinski definition) is 3. The van der Waals surface area contributed by atoms with Gasteiger partial charge in [-0.2, -0.15) is 0 Å². The van der Waals surface area contributed by atoms with Gasteiger partial charge in [0.15, 0.2) is 0 Å². The zero-order chi connectivity index (χ0) is 14.8. The normalized spacial score (nSPS) is 13.0. The van der Waals surface area contributed by atoms with Crippen LogP contribution < -0.4 is 9.47 Å². The molecule has 4 heteroatoms. The molecule has 0 atom stereocenters. The van der Waals surface area contributed by atoms with E-state index in [2.05, 4.69) is 34.1 Å². The molecule has 1 heterocycles. The Bertz CT molecular complexity index is 717. The molecule has 0 saturated heterocycles. The van der Waals surface area contributed by atoms with Gasteiger partial charge < -0.3 is 9.47 Å². The summed E-state index contributed by atoms with van der Waals surface area (Å²) in [4.78, 5) is 11.0. The van der Waals surface area contributed by atoms with Crippen molar-refractivity contribution in [1.82, 2.24) is 0 Å². The minimum atomic E-state index is -0.336. The Morgan fingerprint density at radius 3 is 2.67 bits per heavy atom. The van der Waals surface area contributed by atoms with Crippen LogP contribution >= 0.6 is 15.9 Å². The molecule has 3 rings (SSSR count). The fraction of sp³-hybridized carbons (Fsp3) is 0.118. The predicted octanol–water partition coefficient (Wildman–Crippen LogP) is 4.31. The maximum Gasteiger partial charge on any atom is 0.308 e. The molecule has 106 valence electrons. The third kappa shape index (κ3) is 3.16. The second kappa shape index (κ2) is 5.74. The van der Waals surface area contributed by atoms with E-state index < -0.39 is 0 Å². The van der Waals surface area contributed by atoms with Crippen molar-refractivity contribution in [3.8, 4) is 11.5 Å². The number of hydrogen-bond donors (Lipinski definition) is 0. The zero-order valence-electron chi connectivity index (χ0n) is 11.4. The van der Waals surface area contributed by atoms with Gasteiger partial charge in [-0.15, -0.1) is 0 Å². The first-order valence-electron chi connectivity index (χ1n) is 6.53. The van der Waals surface area contributed by atoms with Gasteiger partial charge >= 0.3 is 5.97 Å². The fourth-order valence-corrected chi connectivity index (χ4v) is 2.47. The average Bonchev–Trinajstić information content (AvgIpc) is 2.47. The number of esters is 1. The summed E-state index contributed by atoms with van der Waals surface area (Å²) in [5.41, 5.74) is 3.23. The van der Waals surface area contributed by atoms with E-state index in [1.54, 1.807) is 12.1 Å². The molecule has 0 amide bonds. The second-order valence-corrected chi connectivity index (χ2v) is 5.67. The number of carbonyl (C=O) groups is 1. The van der Waals surface area contributed by atoms with Crippen molar-refractivity contribution in [2.45, 2.75) is 6.92 Å². The van der Waals surface area contributed by atoms with Gasteiger partial charge in [-0.3, -0.25) is 4.79 Å². The van der Waals surface area contributed by atoms with E-state index in [1.165, 1.54) is 6.92 Å². The van der Waals surface area contributed by atoms with E-state index in [0.29, 0.717) is 12.4 Å². The van der Waals surface area contributed by atoms with Gasteiger partial charge in [0.05, 0.1) is 0 Å². The van der Waals surface area contributed by atoms with Crippen molar-refractivity contribution in [3.05, 3.63) is 58.1 Å². The Balaban J connectivity index is 1.91. The number of ether oxygens (including phenoxy) is 2.